The van der Waals surface area contributed by atoms with Gasteiger partial charge in [-0.05, 0) is 31.0 Å². The second kappa shape index (κ2) is 8.22. The van der Waals surface area contributed by atoms with Gasteiger partial charge in [-0.15, -0.1) is 12.4 Å². The molecule has 0 heterocycles. The maximum Gasteiger partial charge on any atom is 0.247 e. The van der Waals surface area contributed by atoms with E-state index >= 15 is 0 Å². The van der Waals surface area contributed by atoms with E-state index < -0.39 is 23.4 Å². The van der Waals surface area contributed by atoms with E-state index in [1.165, 1.54) is 6.92 Å². The predicted octanol–water partition coefficient (Wildman–Crippen LogP) is 1.71. The van der Waals surface area contributed by atoms with Gasteiger partial charge in [0.1, 0.15) is 5.54 Å². The molecule has 0 aromatic heterocycles. The third-order valence-corrected chi connectivity index (χ3v) is 3.44. The van der Waals surface area contributed by atoms with Crippen molar-refractivity contribution in [1.82, 2.24) is 5.32 Å². The Kier molecular flexibility index (Phi) is 7.71. The molecule has 21 heavy (non-hydrogen) atoms. The predicted molar refractivity (Wildman–Crippen MR) is 86.3 cm³/mol. The van der Waals surface area contributed by atoms with Gasteiger partial charge < -0.3 is 16.8 Å². The number of hydrogen-bond donors (Lipinski definition) is 3. The highest BCUT2D eigenvalue weighted by Gasteiger charge is 2.36. The zero-order valence-electron chi connectivity index (χ0n) is 12.1. The molecule has 0 radical (unpaired) electrons. The van der Waals surface area contributed by atoms with Crippen molar-refractivity contribution in [1.29, 1.82) is 0 Å². The Labute approximate surface area is 135 Å². The molecule has 0 bridgehead atoms. The zero-order valence-corrected chi connectivity index (χ0v) is 13.6. The van der Waals surface area contributed by atoms with Crippen LogP contribution in [0.3, 0.4) is 0 Å². The summed E-state index contributed by atoms with van der Waals surface area (Å²) in [6.45, 7) is 3.47. The molecule has 5 N–H and O–H groups in total. The summed E-state index contributed by atoms with van der Waals surface area (Å²) in [5, 5.41) is 3.08. The number of primary amides is 1. The molecule has 0 saturated carbocycles. The summed E-state index contributed by atoms with van der Waals surface area (Å²) in [5.74, 6) is -1.08. The van der Waals surface area contributed by atoms with Crippen molar-refractivity contribution in [2.45, 2.75) is 38.3 Å². The van der Waals surface area contributed by atoms with Crippen LogP contribution in [0.1, 0.15) is 32.3 Å². The minimum atomic E-state index is -1.34. The van der Waals surface area contributed by atoms with Crippen LogP contribution < -0.4 is 16.8 Å². The van der Waals surface area contributed by atoms with E-state index in [-0.39, 0.29) is 12.4 Å². The Morgan fingerprint density at radius 1 is 1.43 bits per heavy atom. The molecule has 5 nitrogen and oxygen atoms in total. The summed E-state index contributed by atoms with van der Waals surface area (Å²) in [4.78, 5) is 23.8. The number of hydrogen-bond acceptors (Lipinski definition) is 3. The van der Waals surface area contributed by atoms with Crippen molar-refractivity contribution in [3.8, 4) is 0 Å². The molecule has 1 rings (SSSR count). The molecule has 2 unspecified atom stereocenters. The number of nitrogens with one attached hydrogen (secondary N) is 1. The minimum absolute atomic E-state index is 0. The van der Waals surface area contributed by atoms with Crippen molar-refractivity contribution in [2.24, 2.45) is 11.5 Å². The lowest BCUT2D eigenvalue weighted by molar-refractivity contribution is -0.132. The van der Waals surface area contributed by atoms with Crippen LogP contribution in [-0.2, 0) is 15.1 Å². The van der Waals surface area contributed by atoms with Crippen LogP contribution in [0.5, 0.6) is 0 Å². The van der Waals surface area contributed by atoms with E-state index in [1.54, 1.807) is 24.3 Å². The van der Waals surface area contributed by atoms with Crippen LogP contribution in [0.25, 0.3) is 0 Å². The lowest BCUT2D eigenvalue weighted by atomic mass is 9.90. The van der Waals surface area contributed by atoms with Crippen LogP contribution in [0.4, 0.5) is 0 Å². The smallest absolute Gasteiger partial charge is 0.247 e. The Bertz CT molecular complexity index is 511. The Morgan fingerprint density at radius 2 is 2.05 bits per heavy atom. The monoisotopic (exact) mass is 333 g/mol. The highest BCUT2D eigenvalue weighted by molar-refractivity contribution is 6.30. The number of rotatable bonds is 6. The van der Waals surface area contributed by atoms with Crippen LogP contribution in [0, 0.1) is 0 Å². The van der Waals surface area contributed by atoms with Gasteiger partial charge in [0.2, 0.25) is 11.8 Å². The lowest BCUT2D eigenvalue weighted by Gasteiger charge is -2.29. The molecular formula is C14H21Cl2N3O2. The van der Waals surface area contributed by atoms with Gasteiger partial charge in [0.05, 0.1) is 6.04 Å². The number of carbonyl (C=O) groups excluding carboxylic acids is 2. The van der Waals surface area contributed by atoms with Crippen molar-refractivity contribution >= 4 is 35.8 Å². The maximum absolute atomic E-state index is 12.0. The first-order valence-corrected chi connectivity index (χ1v) is 6.82. The summed E-state index contributed by atoms with van der Waals surface area (Å²) >= 11 is 5.91. The first kappa shape index (κ1) is 19.7. The lowest BCUT2D eigenvalue weighted by Crippen LogP contribution is -2.56. The normalized spacial score (nSPS) is 14.5. The Hall–Kier alpha value is -1.30. The van der Waals surface area contributed by atoms with Gasteiger partial charge in [0.15, 0.2) is 0 Å². The molecule has 118 valence electrons. The maximum atomic E-state index is 12.0. The largest absolute Gasteiger partial charge is 0.367 e. The highest BCUT2D eigenvalue weighted by atomic mass is 35.5. The molecule has 0 spiro atoms. The average molecular weight is 334 g/mol. The third-order valence-electron chi connectivity index (χ3n) is 3.20. The summed E-state index contributed by atoms with van der Waals surface area (Å²) in [6.07, 6.45) is 1.31. The third kappa shape index (κ3) is 4.88. The number of benzene rings is 1. The topological polar surface area (TPSA) is 98.2 Å². The van der Waals surface area contributed by atoms with E-state index in [9.17, 15) is 9.59 Å². The number of nitrogens with two attached hydrogens (primary N) is 2. The van der Waals surface area contributed by atoms with Crippen LogP contribution in [-0.4, -0.2) is 17.9 Å². The first-order chi connectivity index (χ1) is 9.31. The molecule has 0 aliphatic carbocycles. The van der Waals surface area contributed by atoms with E-state index in [0.29, 0.717) is 17.0 Å². The van der Waals surface area contributed by atoms with Crippen LogP contribution in [0.15, 0.2) is 24.3 Å². The fourth-order valence-corrected chi connectivity index (χ4v) is 2.05. The molecule has 1 aromatic rings. The van der Waals surface area contributed by atoms with Crippen LogP contribution in [0.2, 0.25) is 5.02 Å². The summed E-state index contributed by atoms with van der Waals surface area (Å²) < 4.78 is 0. The van der Waals surface area contributed by atoms with Crippen molar-refractivity contribution < 1.29 is 9.59 Å². The zero-order chi connectivity index (χ0) is 15.3. The fraction of sp³-hybridized carbons (Fsp3) is 0.429. The van der Waals surface area contributed by atoms with Crippen molar-refractivity contribution in [2.75, 3.05) is 0 Å². The van der Waals surface area contributed by atoms with Crippen molar-refractivity contribution in [3.05, 3.63) is 34.9 Å². The highest BCUT2D eigenvalue weighted by Crippen LogP contribution is 2.23. The molecule has 0 aliphatic rings. The Morgan fingerprint density at radius 3 is 2.52 bits per heavy atom. The molecule has 2 atom stereocenters. The molecule has 7 heteroatoms. The first-order valence-electron chi connectivity index (χ1n) is 6.44. The number of amides is 2. The number of halogens is 2. The van der Waals surface area contributed by atoms with Gasteiger partial charge in [-0.1, -0.05) is 37.1 Å². The second-order valence-electron chi connectivity index (χ2n) is 4.88. The quantitative estimate of drug-likeness (QED) is 0.738. The molecule has 1 aromatic carbocycles. The van der Waals surface area contributed by atoms with Gasteiger partial charge in [0, 0.05) is 5.02 Å². The summed E-state index contributed by atoms with van der Waals surface area (Å²) in [5.41, 5.74) is 10.4. The minimum Gasteiger partial charge on any atom is -0.367 e. The summed E-state index contributed by atoms with van der Waals surface area (Å²) in [7, 11) is 0. The molecule has 0 fully saturated rings. The average Bonchev–Trinajstić information content (AvgIpc) is 2.38. The molecule has 0 aliphatic heterocycles. The number of carbonyl (C=O) groups is 2. The van der Waals surface area contributed by atoms with Gasteiger partial charge in [-0.2, -0.15) is 0 Å². The summed E-state index contributed by atoms with van der Waals surface area (Å²) in [6, 6.07) is 5.98. The van der Waals surface area contributed by atoms with Gasteiger partial charge >= 0.3 is 0 Å². The fourth-order valence-electron chi connectivity index (χ4n) is 1.86. The van der Waals surface area contributed by atoms with Gasteiger partial charge in [0.25, 0.3) is 0 Å². The SMILES string of the molecule is CCCC(N)C(=O)NC(C)(C(N)=O)c1cccc(Cl)c1.Cl. The van der Waals surface area contributed by atoms with E-state index in [0.717, 1.165) is 6.42 Å². The standard InChI is InChI=1S/C14H20ClN3O2.ClH/c1-3-5-11(16)12(19)18-14(2,13(17)20)9-6-4-7-10(15)8-9;/h4,6-8,11H,3,5,16H2,1-2H3,(H2,17,20)(H,18,19);1H. The second-order valence-corrected chi connectivity index (χ2v) is 5.32. The molecule has 2 amide bonds. The van der Waals surface area contributed by atoms with Gasteiger partial charge in [-0.25, -0.2) is 0 Å². The van der Waals surface area contributed by atoms with Gasteiger partial charge in [-0.3, -0.25) is 9.59 Å². The molecular weight excluding hydrogens is 313 g/mol. The van der Waals surface area contributed by atoms with E-state index in [2.05, 4.69) is 5.32 Å². The van der Waals surface area contributed by atoms with Crippen LogP contribution >= 0.6 is 24.0 Å². The van der Waals surface area contributed by atoms with E-state index in [4.69, 9.17) is 23.1 Å². The molecule has 0 saturated heterocycles. The Balaban J connectivity index is 0.00000400. The van der Waals surface area contributed by atoms with E-state index in [1.807, 2.05) is 6.92 Å². The van der Waals surface area contributed by atoms with Crippen molar-refractivity contribution in [3.63, 3.8) is 0 Å².